The molecule has 0 N–H and O–H groups in total. The van der Waals surface area contributed by atoms with Gasteiger partial charge >= 0.3 is 0 Å². The number of hydrogen-bond donors (Lipinski definition) is 0. The van der Waals surface area contributed by atoms with Crippen LogP contribution in [0.2, 0.25) is 0 Å². The number of hydrogen-bond acceptors (Lipinski definition) is 2. The lowest BCUT2D eigenvalue weighted by Gasteiger charge is -2.61. The summed E-state index contributed by atoms with van der Waals surface area (Å²) in [7, 11) is 0. The van der Waals surface area contributed by atoms with Crippen LogP contribution in [0.1, 0.15) is 38.5 Å². The van der Waals surface area contributed by atoms with E-state index in [2.05, 4.69) is 29.4 Å². The maximum absolute atomic E-state index is 6.00. The minimum atomic E-state index is 0.156. The Kier molecular flexibility index (Phi) is 2.38. The number of rotatable bonds is 1. The predicted octanol–water partition coefficient (Wildman–Crippen LogP) is 4.01. The number of terminal acetylenes is 1. The van der Waals surface area contributed by atoms with E-state index >= 15 is 0 Å². The van der Waals surface area contributed by atoms with Crippen LogP contribution >= 0.6 is 23.5 Å². The molecule has 0 unspecified atom stereocenters. The maximum atomic E-state index is 6.00. The van der Waals surface area contributed by atoms with E-state index in [0.717, 1.165) is 17.8 Å². The molecule has 0 amide bonds. The van der Waals surface area contributed by atoms with Gasteiger partial charge in [0.15, 0.2) is 0 Å². The highest BCUT2D eigenvalue weighted by atomic mass is 32.2. The van der Waals surface area contributed by atoms with Crippen molar-refractivity contribution in [1.29, 1.82) is 0 Å². The van der Waals surface area contributed by atoms with E-state index in [-0.39, 0.29) is 4.08 Å². The molecule has 1 saturated heterocycles. The van der Waals surface area contributed by atoms with Crippen LogP contribution in [-0.4, -0.2) is 15.6 Å². The average molecular weight is 264 g/mol. The molecular formula is C15H20S2. The minimum Gasteiger partial charge on any atom is -0.130 e. The van der Waals surface area contributed by atoms with E-state index in [1.54, 1.807) is 0 Å². The van der Waals surface area contributed by atoms with Gasteiger partial charge in [0.05, 0.1) is 0 Å². The Hall–Kier alpha value is 0.260. The third-order valence-electron chi connectivity index (χ3n) is 5.62. The SMILES string of the molecule is C#CC1(C23CC4CC(CC(C4)C2)C3)SCCS1. The van der Waals surface area contributed by atoms with E-state index in [1.807, 2.05) is 0 Å². The van der Waals surface area contributed by atoms with Gasteiger partial charge in [-0.25, -0.2) is 0 Å². The second kappa shape index (κ2) is 3.64. The first kappa shape index (κ1) is 11.1. The molecule has 5 rings (SSSR count). The van der Waals surface area contributed by atoms with E-state index < -0.39 is 0 Å². The molecule has 4 aliphatic carbocycles. The quantitative estimate of drug-likeness (QED) is 0.656. The van der Waals surface area contributed by atoms with Crippen molar-refractivity contribution in [2.24, 2.45) is 23.2 Å². The largest absolute Gasteiger partial charge is 0.130 e. The molecule has 4 saturated carbocycles. The molecule has 0 nitrogen and oxygen atoms in total. The minimum absolute atomic E-state index is 0.156. The Balaban J connectivity index is 1.74. The van der Waals surface area contributed by atoms with Gasteiger partial charge in [-0.3, -0.25) is 0 Å². The van der Waals surface area contributed by atoms with Crippen molar-refractivity contribution in [3.63, 3.8) is 0 Å². The Morgan fingerprint density at radius 3 is 1.76 bits per heavy atom. The van der Waals surface area contributed by atoms with Crippen molar-refractivity contribution >= 4 is 23.5 Å². The van der Waals surface area contributed by atoms with Crippen molar-refractivity contribution in [2.75, 3.05) is 11.5 Å². The Morgan fingerprint density at radius 2 is 1.35 bits per heavy atom. The normalized spacial score (nSPS) is 50.4. The fraction of sp³-hybridized carbons (Fsp3) is 0.867. The molecule has 5 fully saturated rings. The summed E-state index contributed by atoms with van der Waals surface area (Å²) in [6.07, 6.45) is 14.9. The van der Waals surface area contributed by atoms with Crippen LogP contribution in [0, 0.1) is 35.5 Å². The van der Waals surface area contributed by atoms with Gasteiger partial charge in [0.2, 0.25) is 0 Å². The van der Waals surface area contributed by atoms with Gasteiger partial charge in [0.1, 0.15) is 4.08 Å². The highest BCUT2D eigenvalue weighted by Gasteiger charge is 2.61. The zero-order chi connectivity index (χ0) is 11.5. The summed E-state index contributed by atoms with van der Waals surface area (Å²) >= 11 is 4.21. The van der Waals surface area contributed by atoms with Crippen LogP contribution in [0.5, 0.6) is 0 Å². The Morgan fingerprint density at radius 1 is 0.882 bits per heavy atom. The molecular weight excluding hydrogens is 244 g/mol. The molecule has 2 heteroatoms. The second-order valence-corrected chi connectivity index (χ2v) is 9.53. The van der Waals surface area contributed by atoms with Gasteiger partial charge in [-0.15, -0.1) is 29.9 Å². The van der Waals surface area contributed by atoms with Gasteiger partial charge in [-0.2, -0.15) is 0 Å². The lowest BCUT2D eigenvalue weighted by molar-refractivity contribution is -0.0510. The topological polar surface area (TPSA) is 0 Å². The lowest BCUT2D eigenvalue weighted by Crippen LogP contribution is -2.54. The zero-order valence-electron chi connectivity index (χ0n) is 10.3. The highest BCUT2D eigenvalue weighted by Crippen LogP contribution is 2.70. The van der Waals surface area contributed by atoms with Gasteiger partial charge in [0, 0.05) is 16.9 Å². The summed E-state index contributed by atoms with van der Waals surface area (Å²) in [4.78, 5) is 0. The van der Waals surface area contributed by atoms with E-state index in [0.29, 0.717) is 5.41 Å². The first-order valence-corrected chi connectivity index (χ1v) is 8.98. The van der Waals surface area contributed by atoms with Crippen molar-refractivity contribution in [2.45, 2.75) is 42.6 Å². The molecule has 0 atom stereocenters. The average Bonchev–Trinajstić information content (AvgIpc) is 2.77. The molecule has 17 heavy (non-hydrogen) atoms. The molecule has 92 valence electrons. The summed E-state index contributed by atoms with van der Waals surface area (Å²) in [5, 5.41) is 0. The second-order valence-electron chi connectivity index (χ2n) is 6.66. The van der Waals surface area contributed by atoms with Crippen molar-refractivity contribution in [3.8, 4) is 12.3 Å². The summed E-state index contributed by atoms with van der Waals surface area (Å²) in [5.74, 6) is 8.87. The molecule has 4 bridgehead atoms. The molecule has 0 aromatic heterocycles. The first-order valence-electron chi connectivity index (χ1n) is 7.01. The van der Waals surface area contributed by atoms with Crippen LogP contribution in [0.3, 0.4) is 0 Å². The fourth-order valence-electron chi connectivity index (χ4n) is 5.47. The van der Waals surface area contributed by atoms with Crippen LogP contribution in [0.15, 0.2) is 0 Å². The molecule has 0 spiro atoms. The van der Waals surface area contributed by atoms with Crippen LogP contribution in [0.4, 0.5) is 0 Å². The smallest absolute Gasteiger partial charge is 0.127 e. The van der Waals surface area contributed by atoms with Gasteiger partial charge in [-0.1, -0.05) is 5.92 Å². The van der Waals surface area contributed by atoms with Crippen molar-refractivity contribution in [1.82, 2.24) is 0 Å². The van der Waals surface area contributed by atoms with E-state index in [9.17, 15) is 0 Å². The zero-order valence-corrected chi connectivity index (χ0v) is 11.9. The van der Waals surface area contributed by atoms with Crippen molar-refractivity contribution in [3.05, 3.63) is 0 Å². The van der Waals surface area contributed by atoms with Gasteiger partial charge in [-0.05, 0) is 56.3 Å². The standard InChI is InChI=1S/C15H20S2/c1-2-15(16-3-4-17-15)14-8-11-5-12(9-14)7-13(6-11)10-14/h1,11-13H,3-10H2. The fourth-order valence-corrected chi connectivity index (χ4v) is 8.82. The summed E-state index contributed by atoms with van der Waals surface area (Å²) in [5.41, 5.74) is 0.516. The maximum Gasteiger partial charge on any atom is 0.127 e. The van der Waals surface area contributed by atoms with Gasteiger partial charge < -0.3 is 0 Å². The Bertz CT molecular complexity index is 338. The third kappa shape index (κ3) is 1.42. The molecule has 1 aliphatic heterocycles. The summed E-state index contributed by atoms with van der Waals surface area (Å²) in [6, 6.07) is 0. The third-order valence-corrected chi connectivity index (χ3v) is 9.32. The summed E-state index contributed by atoms with van der Waals surface area (Å²) in [6.45, 7) is 0. The molecule has 0 aromatic carbocycles. The lowest BCUT2D eigenvalue weighted by atomic mass is 9.48. The predicted molar refractivity (Wildman–Crippen MR) is 77.1 cm³/mol. The van der Waals surface area contributed by atoms with Crippen LogP contribution in [0.25, 0.3) is 0 Å². The molecule has 5 aliphatic rings. The van der Waals surface area contributed by atoms with E-state index in [1.165, 1.54) is 50.0 Å². The van der Waals surface area contributed by atoms with Gasteiger partial charge in [0.25, 0.3) is 0 Å². The van der Waals surface area contributed by atoms with E-state index in [4.69, 9.17) is 6.42 Å². The molecule has 0 aromatic rings. The molecule has 1 heterocycles. The monoisotopic (exact) mass is 264 g/mol. The van der Waals surface area contributed by atoms with Crippen molar-refractivity contribution < 1.29 is 0 Å². The first-order chi connectivity index (χ1) is 8.25. The number of thioether (sulfide) groups is 2. The Labute approximate surface area is 113 Å². The van der Waals surface area contributed by atoms with Crippen LogP contribution < -0.4 is 0 Å². The highest BCUT2D eigenvalue weighted by molar-refractivity contribution is 8.21. The molecule has 0 radical (unpaired) electrons. The van der Waals surface area contributed by atoms with Crippen LogP contribution in [-0.2, 0) is 0 Å². The summed E-state index contributed by atoms with van der Waals surface area (Å²) < 4.78 is 0.156.